The van der Waals surface area contributed by atoms with Crippen molar-refractivity contribution in [1.82, 2.24) is 9.80 Å². The Balaban J connectivity index is 1.88. The van der Waals surface area contributed by atoms with Crippen molar-refractivity contribution < 1.29 is 14.0 Å². The van der Waals surface area contributed by atoms with E-state index in [0.29, 0.717) is 31.2 Å². The molecule has 2 amide bonds. The Morgan fingerprint density at radius 3 is 2.52 bits per heavy atom. The smallest absolute Gasteiger partial charge is 0.246 e. The fourth-order valence-corrected chi connectivity index (χ4v) is 2.53. The van der Waals surface area contributed by atoms with Gasteiger partial charge < -0.3 is 15.1 Å². The zero-order chi connectivity index (χ0) is 17.0. The van der Waals surface area contributed by atoms with Gasteiger partial charge in [-0.3, -0.25) is 9.59 Å². The van der Waals surface area contributed by atoms with Crippen LogP contribution in [0.3, 0.4) is 0 Å². The van der Waals surface area contributed by atoms with Crippen LogP contribution in [-0.4, -0.2) is 54.3 Å². The number of carbonyl (C=O) groups excluding carboxylic acids is 2. The highest BCUT2D eigenvalue weighted by Gasteiger charge is 2.22. The van der Waals surface area contributed by atoms with E-state index in [9.17, 15) is 14.0 Å². The molecule has 1 saturated heterocycles. The van der Waals surface area contributed by atoms with E-state index in [0.717, 1.165) is 5.56 Å². The zero-order valence-corrected chi connectivity index (χ0v) is 13.7. The van der Waals surface area contributed by atoms with Crippen molar-refractivity contribution in [2.45, 2.75) is 6.92 Å². The number of hydrogen-bond acceptors (Lipinski definition) is 3. The molecule has 1 aromatic carbocycles. The van der Waals surface area contributed by atoms with E-state index in [-0.39, 0.29) is 24.0 Å². The van der Waals surface area contributed by atoms with Crippen LogP contribution in [0.15, 0.2) is 24.8 Å². The molecule has 1 aliphatic heterocycles. The number of amides is 2. The van der Waals surface area contributed by atoms with Gasteiger partial charge in [0.05, 0.1) is 12.2 Å². The summed E-state index contributed by atoms with van der Waals surface area (Å²) in [6, 6.07) is 2.80. The number of halogens is 2. The maximum atomic E-state index is 13.8. The first kappa shape index (κ1) is 17.3. The van der Waals surface area contributed by atoms with Gasteiger partial charge in [-0.2, -0.15) is 0 Å². The summed E-state index contributed by atoms with van der Waals surface area (Å²) < 4.78 is 13.8. The molecular formula is C16H19ClFN3O2. The van der Waals surface area contributed by atoms with Gasteiger partial charge in [0.2, 0.25) is 11.8 Å². The number of piperazine rings is 1. The Morgan fingerprint density at radius 1 is 1.30 bits per heavy atom. The summed E-state index contributed by atoms with van der Waals surface area (Å²) in [5, 5.41) is 3.15. The first-order valence-electron chi connectivity index (χ1n) is 7.31. The SMILES string of the molecule is C=CC(=O)N1CCN(C(=O)CNc2cc(C)c(Cl)cc2F)CC1. The first-order valence-corrected chi connectivity index (χ1v) is 7.69. The lowest BCUT2D eigenvalue weighted by Crippen LogP contribution is -2.51. The third kappa shape index (κ3) is 4.22. The fourth-order valence-electron chi connectivity index (χ4n) is 2.38. The number of nitrogens with one attached hydrogen (secondary N) is 1. The van der Waals surface area contributed by atoms with Gasteiger partial charge in [-0.15, -0.1) is 0 Å². The van der Waals surface area contributed by atoms with Gasteiger partial charge in [0, 0.05) is 31.2 Å². The summed E-state index contributed by atoms with van der Waals surface area (Å²) in [5.41, 5.74) is 0.986. The van der Waals surface area contributed by atoms with E-state index in [1.165, 1.54) is 12.1 Å². The van der Waals surface area contributed by atoms with Crippen molar-refractivity contribution in [3.63, 3.8) is 0 Å². The lowest BCUT2D eigenvalue weighted by molar-refractivity contribution is -0.135. The molecule has 0 atom stereocenters. The Bertz CT molecular complexity index is 628. The number of rotatable bonds is 4. The molecule has 0 bridgehead atoms. The van der Waals surface area contributed by atoms with Crippen LogP contribution >= 0.6 is 11.6 Å². The van der Waals surface area contributed by atoms with Crippen LogP contribution in [0, 0.1) is 12.7 Å². The van der Waals surface area contributed by atoms with E-state index in [2.05, 4.69) is 11.9 Å². The summed E-state index contributed by atoms with van der Waals surface area (Å²) in [6.45, 7) is 7.09. The van der Waals surface area contributed by atoms with E-state index in [1.807, 2.05) is 0 Å². The Hall–Kier alpha value is -2.08. The molecule has 23 heavy (non-hydrogen) atoms. The molecule has 1 aliphatic rings. The standard InChI is InChI=1S/C16H19ClFN3O2/c1-3-15(22)20-4-6-21(7-5-20)16(23)10-19-14-8-11(2)12(17)9-13(14)18/h3,8-9,19H,1,4-7,10H2,2H3. The molecule has 7 heteroatoms. The fraction of sp³-hybridized carbons (Fsp3) is 0.375. The van der Waals surface area contributed by atoms with E-state index >= 15 is 0 Å². The molecule has 124 valence electrons. The summed E-state index contributed by atoms with van der Waals surface area (Å²) in [4.78, 5) is 27.0. The van der Waals surface area contributed by atoms with Crippen LogP contribution < -0.4 is 5.32 Å². The van der Waals surface area contributed by atoms with Crippen LogP contribution in [0.4, 0.5) is 10.1 Å². The molecule has 0 saturated carbocycles. The average Bonchev–Trinajstić information content (AvgIpc) is 2.56. The number of hydrogen-bond donors (Lipinski definition) is 1. The summed E-state index contributed by atoms with van der Waals surface area (Å²) in [5.74, 6) is -0.758. The quantitative estimate of drug-likeness (QED) is 0.854. The molecule has 0 radical (unpaired) electrons. The first-order chi connectivity index (χ1) is 10.9. The average molecular weight is 340 g/mol. The second-order valence-corrected chi connectivity index (χ2v) is 5.75. The van der Waals surface area contributed by atoms with Crippen molar-refractivity contribution in [2.75, 3.05) is 38.0 Å². The molecule has 1 N–H and O–H groups in total. The van der Waals surface area contributed by atoms with Crippen LogP contribution in [0.2, 0.25) is 5.02 Å². The van der Waals surface area contributed by atoms with Crippen molar-refractivity contribution in [3.8, 4) is 0 Å². The monoisotopic (exact) mass is 339 g/mol. The van der Waals surface area contributed by atoms with Crippen molar-refractivity contribution in [1.29, 1.82) is 0 Å². The molecule has 0 spiro atoms. The maximum absolute atomic E-state index is 13.8. The molecule has 1 aromatic rings. The number of benzene rings is 1. The predicted molar refractivity (Wildman–Crippen MR) is 88.0 cm³/mol. The molecule has 0 unspecified atom stereocenters. The van der Waals surface area contributed by atoms with Crippen molar-refractivity contribution in [2.24, 2.45) is 0 Å². The van der Waals surface area contributed by atoms with Crippen molar-refractivity contribution in [3.05, 3.63) is 41.2 Å². The minimum Gasteiger partial charge on any atom is -0.374 e. The summed E-state index contributed by atoms with van der Waals surface area (Å²) in [6.07, 6.45) is 1.27. The van der Waals surface area contributed by atoms with Crippen LogP contribution in [0.1, 0.15) is 5.56 Å². The number of aryl methyl sites for hydroxylation is 1. The molecular weight excluding hydrogens is 321 g/mol. The Morgan fingerprint density at radius 2 is 1.91 bits per heavy atom. The molecule has 0 aliphatic carbocycles. The van der Waals surface area contributed by atoms with Gasteiger partial charge in [0.15, 0.2) is 0 Å². The molecule has 1 heterocycles. The zero-order valence-electron chi connectivity index (χ0n) is 12.9. The lowest BCUT2D eigenvalue weighted by Gasteiger charge is -2.34. The highest BCUT2D eigenvalue weighted by Crippen LogP contribution is 2.23. The normalized spacial score (nSPS) is 14.6. The minimum absolute atomic E-state index is 0.00655. The third-order valence-corrected chi connectivity index (χ3v) is 4.20. The van der Waals surface area contributed by atoms with Crippen LogP contribution in [-0.2, 0) is 9.59 Å². The van der Waals surface area contributed by atoms with Crippen LogP contribution in [0.5, 0.6) is 0 Å². The lowest BCUT2D eigenvalue weighted by atomic mass is 10.2. The molecule has 2 rings (SSSR count). The topological polar surface area (TPSA) is 52.7 Å². The maximum Gasteiger partial charge on any atom is 0.246 e. The summed E-state index contributed by atoms with van der Waals surface area (Å²) in [7, 11) is 0. The molecule has 0 aromatic heterocycles. The summed E-state index contributed by atoms with van der Waals surface area (Å²) >= 11 is 5.84. The third-order valence-electron chi connectivity index (χ3n) is 3.80. The molecule has 5 nitrogen and oxygen atoms in total. The Kier molecular flexibility index (Phi) is 5.60. The molecule has 1 fully saturated rings. The largest absolute Gasteiger partial charge is 0.374 e. The van der Waals surface area contributed by atoms with Crippen molar-refractivity contribution >= 4 is 29.1 Å². The van der Waals surface area contributed by atoms with Gasteiger partial charge in [-0.1, -0.05) is 18.2 Å². The van der Waals surface area contributed by atoms with E-state index in [4.69, 9.17) is 11.6 Å². The van der Waals surface area contributed by atoms with Gasteiger partial charge in [0.25, 0.3) is 0 Å². The highest BCUT2D eigenvalue weighted by atomic mass is 35.5. The van der Waals surface area contributed by atoms with Gasteiger partial charge >= 0.3 is 0 Å². The van der Waals surface area contributed by atoms with Gasteiger partial charge in [0.1, 0.15) is 5.82 Å². The Labute approximate surface area is 139 Å². The van der Waals surface area contributed by atoms with Gasteiger partial charge in [-0.05, 0) is 30.7 Å². The van der Waals surface area contributed by atoms with E-state index in [1.54, 1.807) is 22.8 Å². The second-order valence-electron chi connectivity index (χ2n) is 5.34. The number of carbonyl (C=O) groups is 2. The number of nitrogens with zero attached hydrogens (tertiary/aromatic N) is 2. The van der Waals surface area contributed by atoms with Gasteiger partial charge in [-0.25, -0.2) is 4.39 Å². The highest BCUT2D eigenvalue weighted by molar-refractivity contribution is 6.31. The number of anilines is 1. The predicted octanol–water partition coefficient (Wildman–Crippen LogP) is 2.06. The second kappa shape index (κ2) is 7.46. The minimum atomic E-state index is -0.491. The van der Waals surface area contributed by atoms with Crippen LogP contribution in [0.25, 0.3) is 0 Å². The van der Waals surface area contributed by atoms with E-state index < -0.39 is 5.82 Å².